The van der Waals surface area contributed by atoms with Crippen molar-refractivity contribution in [1.82, 2.24) is 9.97 Å². The Balaban J connectivity index is 1.69. The molecular weight excluding hydrogens is 470 g/mol. The zero-order valence-corrected chi connectivity index (χ0v) is 18.4. The van der Waals surface area contributed by atoms with Crippen molar-refractivity contribution in [2.24, 2.45) is 0 Å². The summed E-state index contributed by atoms with van der Waals surface area (Å²) >= 11 is 3.56. The van der Waals surface area contributed by atoms with Crippen molar-refractivity contribution in [1.29, 1.82) is 0 Å². The van der Waals surface area contributed by atoms with E-state index in [2.05, 4.69) is 28.1 Å². The fourth-order valence-electron chi connectivity index (χ4n) is 3.99. The summed E-state index contributed by atoms with van der Waals surface area (Å²) in [6, 6.07) is 19.9. The Labute approximate surface area is 193 Å². The third kappa shape index (κ3) is 3.79. The van der Waals surface area contributed by atoms with Crippen LogP contribution in [0.15, 0.2) is 71.2 Å². The summed E-state index contributed by atoms with van der Waals surface area (Å²) in [6.07, 6.45) is 0.682. The van der Waals surface area contributed by atoms with Crippen molar-refractivity contribution in [2.75, 3.05) is 0 Å². The minimum absolute atomic E-state index is 0.394. The van der Waals surface area contributed by atoms with Crippen LogP contribution in [0.1, 0.15) is 11.3 Å². The molecule has 5 rings (SSSR count). The number of nitrogens with zero attached hydrogens (tertiary/aromatic N) is 2. The lowest BCUT2D eigenvalue weighted by Crippen LogP contribution is -2.29. The molecule has 0 spiro atoms. The van der Waals surface area contributed by atoms with Crippen LogP contribution in [0.25, 0.3) is 33.8 Å². The molecule has 0 fully saturated rings. The first-order chi connectivity index (χ1) is 15.4. The lowest BCUT2D eigenvalue weighted by molar-refractivity contribution is 0.424. The molecule has 0 amide bonds. The minimum atomic E-state index is -1.53. The Bertz CT molecular complexity index is 1310. The second-order valence-electron chi connectivity index (χ2n) is 7.69. The fourth-order valence-corrected chi connectivity index (χ4v) is 4.35. The number of rotatable bonds is 4. The second kappa shape index (κ2) is 8.27. The number of aromatic nitrogens is 2. The van der Waals surface area contributed by atoms with Gasteiger partial charge in [0.15, 0.2) is 5.82 Å². The molecule has 9 heteroatoms. The maximum Gasteiger partial charge on any atom is 0.488 e. The van der Waals surface area contributed by atoms with Crippen molar-refractivity contribution in [3.63, 3.8) is 0 Å². The van der Waals surface area contributed by atoms with E-state index in [1.807, 2.05) is 18.2 Å². The quantitative estimate of drug-likeness (QED) is 0.287. The molecule has 0 radical (unpaired) electrons. The van der Waals surface area contributed by atoms with Gasteiger partial charge in [-0.25, -0.2) is 9.97 Å². The molecule has 0 saturated heterocycles. The second-order valence-corrected chi connectivity index (χ2v) is 8.60. The Morgan fingerprint density at radius 1 is 0.719 bits per heavy atom. The first kappa shape index (κ1) is 21.1. The number of benzene rings is 3. The van der Waals surface area contributed by atoms with Gasteiger partial charge in [-0.3, -0.25) is 0 Å². The summed E-state index contributed by atoms with van der Waals surface area (Å²) in [6.45, 7) is 0. The molecule has 1 heterocycles. The maximum absolute atomic E-state index is 9.44. The van der Waals surface area contributed by atoms with Gasteiger partial charge in [0.2, 0.25) is 0 Å². The Kier molecular flexibility index (Phi) is 5.44. The lowest BCUT2D eigenvalue weighted by atomic mass is 9.80. The van der Waals surface area contributed by atoms with Crippen LogP contribution in [0.3, 0.4) is 0 Å². The summed E-state index contributed by atoms with van der Waals surface area (Å²) in [4.78, 5) is 9.73. The standard InChI is InChI=1S/C23H17B2BrN2O4/c26-18-10-5-15-11-20-21(19(15)12-18)22(13-1-6-16(7-2-13)24(29)30)28-23(27-20)14-3-8-17(9-4-14)25(31)32/h1-10,12,29-32H,11H2. The highest BCUT2D eigenvalue weighted by atomic mass is 79.9. The van der Waals surface area contributed by atoms with E-state index in [-0.39, 0.29) is 0 Å². The van der Waals surface area contributed by atoms with Gasteiger partial charge in [-0.1, -0.05) is 70.5 Å². The molecule has 0 unspecified atom stereocenters. The van der Waals surface area contributed by atoms with Crippen LogP contribution in [0.2, 0.25) is 0 Å². The first-order valence-corrected chi connectivity index (χ1v) is 10.8. The van der Waals surface area contributed by atoms with E-state index in [0.29, 0.717) is 23.2 Å². The minimum Gasteiger partial charge on any atom is -0.423 e. The van der Waals surface area contributed by atoms with E-state index in [4.69, 9.17) is 9.97 Å². The average molecular weight is 487 g/mol. The predicted octanol–water partition coefficient (Wildman–Crippen LogP) is 1.50. The van der Waals surface area contributed by atoms with E-state index in [1.165, 1.54) is 0 Å². The zero-order valence-electron chi connectivity index (χ0n) is 16.8. The van der Waals surface area contributed by atoms with Gasteiger partial charge in [0, 0.05) is 27.6 Å². The molecule has 0 atom stereocenters. The highest BCUT2D eigenvalue weighted by Crippen LogP contribution is 2.43. The molecule has 0 aliphatic heterocycles. The van der Waals surface area contributed by atoms with Crippen LogP contribution >= 0.6 is 15.9 Å². The smallest absolute Gasteiger partial charge is 0.423 e. The lowest BCUT2D eigenvalue weighted by Gasteiger charge is -2.13. The van der Waals surface area contributed by atoms with Gasteiger partial charge in [0.25, 0.3) is 0 Å². The SMILES string of the molecule is OB(O)c1ccc(-c2nc3c(c(-c4ccc(B(O)O)cc4)n2)-c2cc(Br)ccc2C3)cc1. The highest BCUT2D eigenvalue weighted by Gasteiger charge is 2.26. The molecule has 1 aliphatic rings. The third-order valence-corrected chi connectivity index (χ3v) is 6.13. The van der Waals surface area contributed by atoms with Crippen molar-refractivity contribution in [2.45, 2.75) is 6.42 Å². The van der Waals surface area contributed by atoms with Crippen molar-refractivity contribution >= 4 is 41.1 Å². The van der Waals surface area contributed by atoms with E-state index in [0.717, 1.165) is 43.7 Å². The largest absolute Gasteiger partial charge is 0.488 e. The summed E-state index contributed by atoms with van der Waals surface area (Å²) in [5.41, 5.74) is 7.26. The summed E-state index contributed by atoms with van der Waals surface area (Å²) in [5.74, 6) is 0.538. The van der Waals surface area contributed by atoms with Gasteiger partial charge < -0.3 is 20.1 Å². The topological polar surface area (TPSA) is 107 Å². The van der Waals surface area contributed by atoms with Crippen LogP contribution in [-0.4, -0.2) is 44.3 Å². The molecular formula is C23H17B2BrN2O4. The Morgan fingerprint density at radius 3 is 1.91 bits per heavy atom. The van der Waals surface area contributed by atoms with Crippen molar-refractivity contribution < 1.29 is 20.1 Å². The van der Waals surface area contributed by atoms with Crippen LogP contribution in [0.5, 0.6) is 0 Å². The molecule has 0 saturated carbocycles. The molecule has 4 aromatic rings. The predicted molar refractivity (Wildman–Crippen MR) is 128 cm³/mol. The Hall–Kier alpha value is -2.81. The van der Waals surface area contributed by atoms with E-state index in [1.54, 1.807) is 36.4 Å². The van der Waals surface area contributed by atoms with Crippen LogP contribution in [-0.2, 0) is 6.42 Å². The van der Waals surface area contributed by atoms with E-state index >= 15 is 0 Å². The molecule has 4 N–H and O–H groups in total. The van der Waals surface area contributed by atoms with Gasteiger partial charge in [0.1, 0.15) is 0 Å². The van der Waals surface area contributed by atoms with Crippen LogP contribution in [0.4, 0.5) is 0 Å². The third-order valence-electron chi connectivity index (χ3n) is 5.63. The van der Waals surface area contributed by atoms with Gasteiger partial charge in [-0.2, -0.15) is 0 Å². The average Bonchev–Trinajstić information content (AvgIpc) is 3.16. The Morgan fingerprint density at radius 2 is 1.31 bits per heavy atom. The summed E-state index contributed by atoms with van der Waals surface area (Å²) < 4.78 is 0.969. The monoisotopic (exact) mass is 486 g/mol. The molecule has 0 bridgehead atoms. The van der Waals surface area contributed by atoms with Gasteiger partial charge in [-0.15, -0.1) is 0 Å². The normalized spacial score (nSPS) is 11.8. The van der Waals surface area contributed by atoms with Crippen LogP contribution < -0.4 is 10.9 Å². The summed E-state index contributed by atoms with van der Waals surface area (Å²) in [5, 5.41) is 37.6. The first-order valence-electron chi connectivity index (χ1n) is 10.0. The number of hydrogen-bond acceptors (Lipinski definition) is 6. The zero-order chi connectivity index (χ0) is 22.4. The van der Waals surface area contributed by atoms with Crippen molar-refractivity contribution in [3.8, 4) is 33.8 Å². The molecule has 6 nitrogen and oxygen atoms in total. The summed E-state index contributed by atoms with van der Waals surface area (Å²) in [7, 11) is -3.07. The number of hydrogen-bond donors (Lipinski definition) is 4. The molecule has 1 aromatic heterocycles. The number of halogens is 1. The van der Waals surface area contributed by atoms with Gasteiger partial charge in [0.05, 0.1) is 11.4 Å². The molecule has 1 aliphatic carbocycles. The number of fused-ring (bicyclic) bond motifs is 3. The molecule has 156 valence electrons. The van der Waals surface area contributed by atoms with E-state index in [9.17, 15) is 20.1 Å². The van der Waals surface area contributed by atoms with Gasteiger partial charge >= 0.3 is 14.2 Å². The fraction of sp³-hybridized carbons (Fsp3) is 0.0435. The van der Waals surface area contributed by atoms with Crippen molar-refractivity contribution in [3.05, 3.63) is 82.5 Å². The van der Waals surface area contributed by atoms with Gasteiger partial charge in [-0.05, 0) is 34.2 Å². The van der Waals surface area contributed by atoms with E-state index < -0.39 is 14.2 Å². The van der Waals surface area contributed by atoms with Crippen LogP contribution in [0, 0.1) is 0 Å². The molecule has 32 heavy (non-hydrogen) atoms. The maximum atomic E-state index is 9.44. The highest BCUT2D eigenvalue weighted by molar-refractivity contribution is 9.10. The molecule has 3 aromatic carbocycles.